The fourth-order valence-electron chi connectivity index (χ4n) is 2.19. The molecule has 0 saturated heterocycles. The maximum Gasteiger partial charge on any atom is 0.153 e. The molecule has 0 radical (unpaired) electrons. The van der Waals surface area contributed by atoms with Crippen molar-refractivity contribution < 1.29 is 4.39 Å². The molecular weight excluding hydrogens is 323 g/mol. The zero-order valence-electron chi connectivity index (χ0n) is 11.6. The van der Waals surface area contributed by atoms with Gasteiger partial charge in [-0.15, -0.1) is 5.10 Å². The molecule has 0 amide bonds. The molecule has 1 unspecified atom stereocenters. The van der Waals surface area contributed by atoms with Crippen molar-refractivity contribution in [3.63, 3.8) is 0 Å². The van der Waals surface area contributed by atoms with Crippen LogP contribution in [0.2, 0.25) is 0 Å². The Morgan fingerprint density at radius 1 is 1.45 bits per heavy atom. The molecule has 2 aromatic rings. The molecule has 0 aliphatic rings. The largest absolute Gasteiger partial charge is 0.308 e. The van der Waals surface area contributed by atoms with Gasteiger partial charge in [0.05, 0.1) is 11.7 Å². The normalized spacial score (nSPS) is 12.6. The van der Waals surface area contributed by atoms with Crippen molar-refractivity contribution in [2.24, 2.45) is 7.05 Å². The van der Waals surface area contributed by atoms with Crippen LogP contribution < -0.4 is 5.32 Å². The lowest BCUT2D eigenvalue weighted by atomic mass is 10.0. The van der Waals surface area contributed by atoms with E-state index in [4.69, 9.17) is 0 Å². The summed E-state index contributed by atoms with van der Waals surface area (Å²) in [5.41, 5.74) is 1.93. The summed E-state index contributed by atoms with van der Waals surface area (Å²) >= 11 is 3.43. The van der Waals surface area contributed by atoms with E-state index >= 15 is 0 Å². The Bertz CT molecular complexity index is 551. The van der Waals surface area contributed by atoms with Crippen LogP contribution in [0.5, 0.6) is 0 Å². The Hall–Kier alpha value is -1.27. The van der Waals surface area contributed by atoms with Gasteiger partial charge >= 0.3 is 0 Å². The van der Waals surface area contributed by atoms with Gasteiger partial charge in [-0.2, -0.15) is 0 Å². The predicted octanol–water partition coefficient (Wildman–Crippen LogP) is 3.00. The molecule has 0 spiro atoms. The maximum absolute atomic E-state index is 13.3. The number of nitrogens with one attached hydrogen (secondary N) is 1. The van der Waals surface area contributed by atoms with Crippen LogP contribution in [-0.4, -0.2) is 21.5 Å². The second-order valence-corrected chi connectivity index (χ2v) is 5.48. The van der Waals surface area contributed by atoms with E-state index in [-0.39, 0.29) is 11.9 Å². The van der Waals surface area contributed by atoms with Crippen LogP contribution in [0.3, 0.4) is 0 Å². The van der Waals surface area contributed by atoms with Crippen LogP contribution in [-0.2, 0) is 13.5 Å². The molecule has 0 aliphatic heterocycles. The van der Waals surface area contributed by atoms with E-state index in [1.807, 2.05) is 13.1 Å². The Morgan fingerprint density at radius 3 is 2.85 bits per heavy atom. The standard InChI is InChI=1S/C14H18BrFN4/c1-3-7-17-12(13-14(15)18-19-20(13)2)9-10-5-4-6-11(16)8-10/h4-6,8,12,17H,3,7,9H2,1-2H3. The first kappa shape index (κ1) is 15.1. The lowest BCUT2D eigenvalue weighted by molar-refractivity contribution is 0.489. The summed E-state index contributed by atoms with van der Waals surface area (Å²) in [5.74, 6) is -0.209. The lowest BCUT2D eigenvalue weighted by Gasteiger charge is -2.19. The molecule has 20 heavy (non-hydrogen) atoms. The third-order valence-electron chi connectivity index (χ3n) is 3.13. The second kappa shape index (κ2) is 6.95. The molecule has 6 heteroatoms. The molecule has 4 nitrogen and oxygen atoms in total. The molecule has 108 valence electrons. The minimum atomic E-state index is -0.209. The monoisotopic (exact) mass is 340 g/mol. The lowest BCUT2D eigenvalue weighted by Crippen LogP contribution is -2.26. The molecule has 1 heterocycles. The SMILES string of the molecule is CCCNC(Cc1cccc(F)c1)c1c(Br)nnn1C. The summed E-state index contributed by atoms with van der Waals surface area (Å²) < 4.78 is 15.8. The summed E-state index contributed by atoms with van der Waals surface area (Å²) in [5, 5.41) is 11.5. The number of hydrogen-bond donors (Lipinski definition) is 1. The van der Waals surface area contributed by atoms with Crippen molar-refractivity contribution in [3.05, 3.63) is 45.9 Å². The number of hydrogen-bond acceptors (Lipinski definition) is 3. The van der Waals surface area contributed by atoms with E-state index in [1.54, 1.807) is 16.8 Å². The van der Waals surface area contributed by atoms with Gasteiger partial charge in [-0.1, -0.05) is 24.3 Å². The number of halogens is 2. The average molecular weight is 341 g/mol. The zero-order chi connectivity index (χ0) is 14.5. The smallest absolute Gasteiger partial charge is 0.153 e. The Morgan fingerprint density at radius 2 is 2.25 bits per heavy atom. The van der Waals surface area contributed by atoms with Gasteiger partial charge in [0.1, 0.15) is 5.82 Å². The molecule has 1 aromatic carbocycles. The topological polar surface area (TPSA) is 42.7 Å². The first-order valence-electron chi connectivity index (χ1n) is 6.64. The molecule has 0 fully saturated rings. The zero-order valence-corrected chi connectivity index (χ0v) is 13.2. The van der Waals surface area contributed by atoms with E-state index in [9.17, 15) is 4.39 Å². The van der Waals surface area contributed by atoms with Gasteiger partial charge in [-0.25, -0.2) is 9.07 Å². The van der Waals surface area contributed by atoms with Gasteiger partial charge in [0, 0.05) is 7.05 Å². The Balaban J connectivity index is 2.24. The van der Waals surface area contributed by atoms with Crippen LogP contribution in [0.15, 0.2) is 28.9 Å². The van der Waals surface area contributed by atoms with Crippen molar-refractivity contribution in [3.8, 4) is 0 Å². The molecule has 1 atom stereocenters. The maximum atomic E-state index is 13.3. The molecule has 0 aliphatic carbocycles. The first-order chi connectivity index (χ1) is 9.61. The van der Waals surface area contributed by atoms with Crippen molar-refractivity contribution in [2.75, 3.05) is 6.54 Å². The van der Waals surface area contributed by atoms with E-state index < -0.39 is 0 Å². The fraction of sp³-hybridized carbons (Fsp3) is 0.429. The van der Waals surface area contributed by atoms with Gasteiger partial charge < -0.3 is 5.32 Å². The van der Waals surface area contributed by atoms with Gasteiger partial charge in [-0.05, 0) is 53.0 Å². The third-order valence-corrected chi connectivity index (χ3v) is 3.69. The van der Waals surface area contributed by atoms with E-state index in [1.165, 1.54) is 6.07 Å². The minimum Gasteiger partial charge on any atom is -0.308 e. The highest BCUT2D eigenvalue weighted by Crippen LogP contribution is 2.24. The predicted molar refractivity (Wildman–Crippen MR) is 79.8 cm³/mol. The van der Waals surface area contributed by atoms with Crippen molar-refractivity contribution in [1.29, 1.82) is 0 Å². The van der Waals surface area contributed by atoms with Crippen LogP contribution in [0, 0.1) is 5.82 Å². The van der Waals surface area contributed by atoms with E-state index in [0.29, 0.717) is 6.42 Å². The Kier molecular flexibility index (Phi) is 5.25. The molecule has 1 aromatic heterocycles. The van der Waals surface area contributed by atoms with Crippen molar-refractivity contribution in [1.82, 2.24) is 20.3 Å². The highest BCUT2D eigenvalue weighted by Gasteiger charge is 2.20. The molecule has 0 saturated carbocycles. The van der Waals surface area contributed by atoms with Gasteiger partial charge in [-0.3, -0.25) is 0 Å². The fourth-order valence-corrected chi connectivity index (χ4v) is 2.80. The highest BCUT2D eigenvalue weighted by molar-refractivity contribution is 9.10. The first-order valence-corrected chi connectivity index (χ1v) is 7.44. The quantitative estimate of drug-likeness (QED) is 0.878. The summed E-state index contributed by atoms with van der Waals surface area (Å²) in [6.45, 7) is 3.00. The minimum absolute atomic E-state index is 0.0473. The summed E-state index contributed by atoms with van der Waals surface area (Å²) in [4.78, 5) is 0. The Labute approximate surface area is 126 Å². The molecular formula is C14H18BrFN4. The number of aryl methyl sites for hydroxylation is 1. The molecule has 2 rings (SSSR count). The third kappa shape index (κ3) is 3.64. The number of aromatic nitrogens is 3. The average Bonchev–Trinajstić information content (AvgIpc) is 2.74. The van der Waals surface area contributed by atoms with Crippen LogP contribution in [0.1, 0.15) is 30.6 Å². The van der Waals surface area contributed by atoms with Crippen LogP contribution in [0.25, 0.3) is 0 Å². The molecule has 1 N–H and O–H groups in total. The summed E-state index contributed by atoms with van der Waals surface area (Å²) in [6.07, 6.45) is 1.72. The van der Waals surface area contributed by atoms with Crippen molar-refractivity contribution in [2.45, 2.75) is 25.8 Å². The van der Waals surface area contributed by atoms with E-state index in [0.717, 1.165) is 28.8 Å². The number of rotatable bonds is 6. The highest BCUT2D eigenvalue weighted by atomic mass is 79.9. The van der Waals surface area contributed by atoms with Crippen molar-refractivity contribution >= 4 is 15.9 Å². The molecule has 0 bridgehead atoms. The second-order valence-electron chi connectivity index (χ2n) is 4.73. The van der Waals surface area contributed by atoms with E-state index in [2.05, 4.69) is 38.5 Å². The van der Waals surface area contributed by atoms with Gasteiger partial charge in [0.2, 0.25) is 0 Å². The van der Waals surface area contributed by atoms with Crippen LogP contribution >= 0.6 is 15.9 Å². The summed E-state index contributed by atoms with van der Waals surface area (Å²) in [6, 6.07) is 6.74. The van der Waals surface area contributed by atoms with Gasteiger partial charge in [0.15, 0.2) is 4.60 Å². The van der Waals surface area contributed by atoms with Gasteiger partial charge in [0.25, 0.3) is 0 Å². The number of nitrogens with zero attached hydrogens (tertiary/aromatic N) is 3. The van der Waals surface area contributed by atoms with Crippen LogP contribution in [0.4, 0.5) is 4.39 Å². The summed E-state index contributed by atoms with van der Waals surface area (Å²) in [7, 11) is 1.86. The number of benzene rings is 1.